The van der Waals surface area contributed by atoms with Crippen molar-refractivity contribution in [3.63, 3.8) is 0 Å². The fraction of sp³-hybridized carbons (Fsp3) is 0.462. The van der Waals surface area contributed by atoms with Gasteiger partial charge in [-0.15, -0.1) is 0 Å². The molecule has 16 heavy (non-hydrogen) atoms. The van der Waals surface area contributed by atoms with Gasteiger partial charge in [-0.2, -0.15) is 0 Å². The fourth-order valence-electron chi connectivity index (χ4n) is 2.17. The number of esters is 1. The van der Waals surface area contributed by atoms with Crippen molar-refractivity contribution in [3.8, 4) is 0 Å². The molecule has 1 atom stereocenters. The van der Waals surface area contributed by atoms with Crippen molar-refractivity contribution in [3.05, 3.63) is 35.4 Å². The molecule has 2 rings (SSSR count). The lowest BCUT2D eigenvalue weighted by Crippen LogP contribution is -2.13. The zero-order valence-electron chi connectivity index (χ0n) is 9.53. The Morgan fingerprint density at radius 1 is 1.50 bits per heavy atom. The second-order valence-electron chi connectivity index (χ2n) is 4.00. The summed E-state index contributed by atoms with van der Waals surface area (Å²) in [6.07, 6.45) is 1.09. The molecule has 0 amide bonds. The van der Waals surface area contributed by atoms with E-state index in [4.69, 9.17) is 4.74 Å². The van der Waals surface area contributed by atoms with Crippen LogP contribution in [0.5, 0.6) is 0 Å². The third-order valence-electron chi connectivity index (χ3n) is 2.96. The van der Waals surface area contributed by atoms with Crippen LogP contribution in [0.2, 0.25) is 0 Å². The van der Waals surface area contributed by atoms with Gasteiger partial charge >= 0.3 is 5.97 Å². The van der Waals surface area contributed by atoms with E-state index in [1.54, 1.807) is 0 Å². The lowest BCUT2D eigenvalue weighted by atomic mass is 9.93. The maximum Gasteiger partial charge on any atom is 0.338 e. The lowest BCUT2D eigenvalue weighted by Gasteiger charge is -2.13. The van der Waals surface area contributed by atoms with E-state index in [-0.39, 0.29) is 5.97 Å². The van der Waals surface area contributed by atoms with Gasteiger partial charge in [0.05, 0.1) is 12.2 Å². The van der Waals surface area contributed by atoms with Gasteiger partial charge in [-0.05, 0) is 37.4 Å². The van der Waals surface area contributed by atoms with Crippen LogP contribution in [0.4, 0.5) is 0 Å². The quantitative estimate of drug-likeness (QED) is 0.789. The van der Waals surface area contributed by atoms with Gasteiger partial charge in [-0.1, -0.05) is 18.2 Å². The van der Waals surface area contributed by atoms with E-state index >= 15 is 0 Å². The summed E-state index contributed by atoms with van der Waals surface area (Å²) in [6.45, 7) is 4.24. The molecule has 1 N–H and O–H groups in total. The van der Waals surface area contributed by atoms with Crippen molar-refractivity contribution in [2.24, 2.45) is 0 Å². The minimum absolute atomic E-state index is 0.204. The second kappa shape index (κ2) is 5.12. The van der Waals surface area contributed by atoms with Crippen LogP contribution in [0.25, 0.3) is 0 Å². The molecule has 3 nitrogen and oxygen atoms in total. The molecule has 1 unspecified atom stereocenters. The average molecular weight is 219 g/mol. The average Bonchev–Trinajstić information content (AvgIpc) is 2.83. The molecule has 0 radical (unpaired) electrons. The molecule has 3 heteroatoms. The number of nitrogens with one attached hydrogen (secondary N) is 1. The Hall–Kier alpha value is -1.35. The maximum atomic E-state index is 11.8. The van der Waals surface area contributed by atoms with E-state index in [0.29, 0.717) is 12.5 Å². The van der Waals surface area contributed by atoms with Gasteiger partial charge in [0.2, 0.25) is 0 Å². The van der Waals surface area contributed by atoms with E-state index in [1.807, 2.05) is 31.2 Å². The molecule has 0 aromatic heterocycles. The third-order valence-corrected chi connectivity index (χ3v) is 2.96. The van der Waals surface area contributed by atoms with Crippen LogP contribution in [0, 0.1) is 0 Å². The summed E-state index contributed by atoms with van der Waals surface area (Å²) < 4.78 is 5.07. The van der Waals surface area contributed by atoms with Crippen LogP contribution in [0.15, 0.2) is 24.3 Å². The summed E-state index contributed by atoms with van der Waals surface area (Å²) in [5.74, 6) is 0.241. The molecule has 86 valence electrons. The Bertz CT molecular complexity index is 370. The summed E-state index contributed by atoms with van der Waals surface area (Å²) >= 11 is 0. The van der Waals surface area contributed by atoms with Crippen molar-refractivity contribution in [2.75, 3.05) is 19.7 Å². The van der Waals surface area contributed by atoms with E-state index in [1.165, 1.54) is 0 Å². The van der Waals surface area contributed by atoms with Crippen LogP contribution >= 0.6 is 0 Å². The second-order valence-corrected chi connectivity index (χ2v) is 4.00. The molecule has 1 aromatic rings. The van der Waals surface area contributed by atoms with Gasteiger partial charge in [0.1, 0.15) is 0 Å². The molecule has 1 fully saturated rings. The van der Waals surface area contributed by atoms with Gasteiger partial charge in [0.25, 0.3) is 0 Å². The van der Waals surface area contributed by atoms with Crippen molar-refractivity contribution in [1.82, 2.24) is 5.32 Å². The van der Waals surface area contributed by atoms with Crippen molar-refractivity contribution in [1.29, 1.82) is 0 Å². The number of benzene rings is 1. The van der Waals surface area contributed by atoms with Crippen LogP contribution in [-0.2, 0) is 4.74 Å². The number of hydrogen-bond donors (Lipinski definition) is 1. The number of rotatable bonds is 3. The summed E-state index contributed by atoms with van der Waals surface area (Å²) in [5.41, 5.74) is 1.84. The van der Waals surface area contributed by atoms with E-state index in [0.717, 1.165) is 30.6 Å². The predicted octanol–water partition coefficient (Wildman–Crippen LogP) is 1.94. The molecule has 1 aliphatic rings. The largest absolute Gasteiger partial charge is 0.462 e. The first-order valence-corrected chi connectivity index (χ1v) is 5.79. The first-order valence-electron chi connectivity index (χ1n) is 5.79. The Morgan fingerprint density at radius 2 is 2.31 bits per heavy atom. The smallest absolute Gasteiger partial charge is 0.338 e. The first kappa shape index (κ1) is 11.1. The molecule has 0 spiro atoms. The van der Waals surface area contributed by atoms with E-state index < -0.39 is 0 Å². The molecule has 1 saturated heterocycles. The number of carbonyl (C=O) groups is 1. The molecule has 0 aliphatic carbocycles. The first-order chi connectivity index (χ1) is 7.83. The highest BCUT2D eigenvalue weighted by atomic mass is 16.5. The molecule has 1 aromatic carbocycles. The molecular formula is C13H17NO2. The van der Waals surface area contributed by atoms with Gasteiger partial charge in [0, 0.05) is 6.54 Å². The fourth-order valence-corrected chi connectivity index (χ4v) is 2.17. The van der Waals surface area contributed by atoms with Gasteiger partial charge in [0.15, 0.2) is 0 Å². The van der Waals surface area contributed by atoms with E-state index in [9.17, 15) is 4.79 Å². The highest BCUT2D eigenvalue weighted by molar-refractivity contribution is 5.91. The minimum Gasteiger partial charge on any atom is -0.462 e. The number of ether oxygens (including phenoxy) is 1. The van der Waals surface area contributed by atoms with Crippen molar-refractivity contribution >= 4 is 5.97 Å². The zero-order valence-corrected chi connectivity index (χ0v) is 9.53. The standard InChI is InChI=1S/C13H17NO2/c1-2-16-13(15)12-6-4-3-5-11(12)10-7-8-14-9-10/h3-6,10,14H,2,7-9H2,1H3. The molecule has 1 aliphatic heterocycles. The topological polar surface area (TPSA) is 38.3 Å². The Kier molecular flexibility index (Phi) is 3.57. The van der Waals surface area contributed by atoms with Crippen LogP contribution in [0.3, 0.4) is 0 Å². The Balaban J connectivity index is 2.26. The Labute approximate surface area is 95.8 Å². The number of carbonyl (C=O) groups excluding carboxylic acids is 1. The zero-order chi connectivity index (χ0) is 11.4. The SMILES string of the molecule is CCOC(=O)c1ccccc1C1CCNC1. The van der Waals surface area contributed by atoms with Gasteiger partial charge in [-0.3, -0.25) is 0 Å². The van der Waals surface area contributed by atoms with Crippen molar-refractivity contribution in [2.45, 2.75) is 19.3 Å². The summed E-state index contributed by atoms with van der Waals surface area (Å²) in [7, 11) is 0. The summed E-state index contributed by atoms with van der Waals surface area (Å²) in [4.78, 5) is 11.8. The number of hydrogen-bond acceptors (Lipinski definition) is 3. The molecule has 0 bridgehead atoms. The van der Waals surface area contributed by atoms with Gasteiger partial charge in [-0.25, -0.2) is 4.79 Å². The minimum atomic E-state index is -0.204. The van der Waals surface area contributed by atoms with Gasteiger partial charge < -0.3 is 10.1 Å². The third kappa shape index (κ3) is 2.25. The van der Waals surface area contributed by atoms with Crippen LogP contribution < -0.4 is 5.32 Å². The highest BCUT2D eigenvalue weighted by Gasteiger charge is 2.22. The molecule has 1 heterocycles. The maximum absolute atomic E-state index is 11.8. The molecular weight excluding hydrogens is 202 g/mol. The normalized spacial score (nSPS) is 19.7. The molecule has 0 saturated carbocycles. The van der Waals surface area contributed by atoms with Crippen LogP contribution in [-0.4, -0.2) is 25.7 Å². The lowest BCUT2D eigenvalue weighted by molar-refractivity contribution is 0.0524. The summed E-state index contributed by atoms with van der Waals surface area (Å²) in [5, 5.41) is 3.32. The monoisotopic (exact) mass is 219 g/mol. The van der Waals surface area contributed by atoms with Crippen molar-refractivity contribution < 1.29 is 9.53 Å². The van der Waals surface area contributed by atoms with Crippen LogP contribution in [0.1, 0.15) is 35.2 Å². The summed E-state index contributed by atoms with van der Waals surface area (Å²) in [6, 6.07) is 7.75. The van der Waals surface area contributed by atoms with E-state index in [2.05, 4.69) is 5.32 Å². The highest BCUT2D eigenvalue weighted by Crippen LogP contribution is 2.25. The predicted molar refractivity (Wildman–Crippen MR) is 62.6 cm³/mol. The Morgan fingerprint density at radius 3 is 3.00 bits per heavy atom.